The fourth-order valence-electron chi connectivity index (χ4n) is 7.49. The second-order valence-electron chi connectivity index (χ2n) is 16.1. The summed E-state index contributed by atoms with van der Waals surface area (Å²) in [6.45, 7) is 10.9. The topological polar surface area (TPSA) is 195 Å². The molecule has 6 rings (SSSR count). The average Bonchev–Trinajstić information content (AvgIpc) is 4.10. The number of alkyl halides is 3. The van der Waals surface area contributed by atoms with Crippen molar-refractivity contribution in [1.82, 2.24) is 30.5 Å². The number of aromatic nitrogens is 2. The van der Waals surface area contributed by atoms with Crippen molar-refractivity contribution in [1.29, 1.82) is 0 Å². The van der Waals surface area contributed by atoms with Gasteiger partial charge in [-0.2, -0.15) is 13.2 Å². The molecular weight excluding hydrogens is 798 g/mol. The first-order valence-electron chi connectivity index (χ1n) is 20.2. The van der Waals surface area contributed by atoms with Gasteiger partial charge in [-0.15, -0.1) is 10.2 Å². The van der Waals surface area contributed by atoms with E-state index in [1.807, 2.05) is 26.8 Å². The lowest BCUT2D eigenvalue weighted by Crippen LogP contribution is -2.59. The van der Waals surface area contributed by atoms with E-state index in [0.717, 1.165) is 0 Å². The Hall–Kier alpha value is -4.68. The molecule has 1 aromatic carbocycles. The summed E-state index contributed by atoms with van der Waals surface area (Å²) in [5.74, 6) is -3.35. The molecule has 332 valence electrons. The highest BCUT2D eigenvalue weighted by atomic mass is 32.2. The number of hydrogen-bond acceptors (Lipinski definition) is 11. The fourth-order valence-corrected chi connectivity index (χ4v) is 8.85. The highest BCUT2D eigenvalue weighted by Gasteiger charge is 2.62. The zero-order valence-corrected chi connectivity index (χ0v) is 35.2. The number of rotatable bonds is 9. The minimum atomic E-state index is -4.92. The van der Waals surface area contributed by atoms with Gasteiger partial charge in [-0.1, -0.05) is 52.0 Å². The molecule has 2 aliphatic heterocycles. The molecule has 4 aliphatic rings. The van der Waals surface area contributed by atoms with Crippen LogP contribution in [0.2, 0.25) is 0 Å². The minimum Gasteiger partial charge on any atom is -0.476 e. The van der Waals surface area contributed by atoms with Gasteiger partial charge in [-0.05, 0) is 83.3 Å². The molecule has 19 heteroatoms. The van der Waals surface area contributed by atoms with Gasteiger partial charge in [0.1, 0.15) is 23.7 Å². The third-order valence-corrected chi connectivity index (χ3v) is 12.9. The number of amides is 4. The number of halogens is 3. The van der Waals surface area contributed by atoms with Crippen molar-refractivity contribution in [3.05, 3.63) is 36.4 Å². The second-order valence-corrected chi connectivity index (χ2v) is 18.0. The number of carbonyl (C=O) groups excluding carboxylic acids is 4. The molecule has 0 spiro atoms. The Morgan fingerprint density at radius 2 is 1.68 bits per heavy atom. The monoisotopic (exact) mass is 858 g/mol. The summed E-state index contributed by atoms with van der Waals surface area (Å²) in [5, 5.41) is 14.0. The van der Waals surface area contributed by atoms with Crippen LogP contribution in [-0.2, 0) is 29.1 Å². The third kappa shape index (κ3) is 10.2. The maximum Gasteiger partial charge on any atom is 0.427 e. The molecule has 3 heterocycles. The van der Waals surface area contributed by atoms with Crippen molar-refractivity contribution in [3.8, 4) is 11.8 Å². The summed E-state index contributed by atoms with van der Waals surface area (Å²) >= 11 is 0. The Balaban J connectivity index is 0.00000261. The Kier molecular flexibility index (Phi) is 13.8. The van der Waals surface area contributed by atoms with Crippen molar-refractivity contribution >= 4 is 44.6 Å². The number of allylic oxidation sites excluding steroid dienone is 1. The molecule has 7 atom stereocenters. The predicted octanol–water partition coefficient (Wildman–Crippen LogP) is 6.07. The Labute approximate surface area is 347 Å². The zero-order valence-electron chi connectivity index (χ0n) is 34.4. The summed E-state index contributed by atoms with van der Waals surface area (Å²) in [7, 11) is -3.98. The second kappa shape index (κ2) is 17.9. The van der Waals surface area contributed by atoms with Gasteiger partial charge in [0.15, 0.2) is 0 Å². The molecule has 59 heavy (non-hydrogen) atoms. The highest BCUT2D eigenvalue weighted by Crippen LogP contribution is 2.46. The molecule has 1 saturated heterocycles. The van der Waals surface area contributed by atoms with E-state index < -0.39 is 86.4 Å². The quantitative estimate of drug-likeness (QED) is 0.248. The van der Waals surface area contributed by atoms with Crippen molar-refractivity contribution in [3.63, 3.8) is 0 Å². The first-order valence-corrected chi connectivity index (χ1v) is 21.8. The van der Waals surface area contributed by atoms with Crippen molar-refractivity contribution in [2.24, 2.45) is 17.8 Å². The van der Waals surface area contributed by atoms with E-state index in [0.29, 0.717) is 63.3 Å². The van der Waals surface area contributed by atoms with E-state index in [9.17, 15) is 40.8 Å². The fraction of sp³-hybridized carbons (Fsp3) is 0.650. The van der Waals surface area contributed by atoms with E-state index >= 15 is 0 Å². The van der Waals surface area contributed by atoms with Crippen LogP contribution in [0, 0.1) is 17.8 Å². The highest BCUT2D eigenvalue weighted by molar-refractivity contribution is 7.91. The van der Waals surface area contributed by atoms with Crippen LogP contribution in [0.15, 0.2) is 36.4 Å². The van der Waals surface area contributed by atoms with Crippen LogP contribution in [0.3, 0.4) is 0 Å². The number of alkyl carbamates (subject to hydrolysis) is 1. The maximum atomic E-state index is 14.7. The number of fused-ring (bicyclic) bond motifs is 3. The van der Waals surface area contributed by atoms with E-state index in [1.165, 1.54) is 4.90 Å². The molecule has 3 fully saturated rings. The first kappa shape index (κ1) is 45.4. The SMILES string of the molecule is CC.CCOc1nnc(O[C@@H]2C[C@H]3C(=O)N[C@]4(C(=O)NS(=O)(=O)C5CC5)C[C@H]4/C=C\CC[C@@H](C)C[C@@H](C)[C@H](NC(=O)OC(C)(C)C(F)(F)F)C(=O)N3C2)c2ccccc12.[HH].[HH].[HH]. The standard InChI is InChI=1S/C38H49F3N6O9S.C2H6.3H2/c1-6-54-31-26-13-9-10-14-27(26)32(45-44-31)55-24-18-28-30(48)43-37(34(50)46-57(52,53)25-15-16-25)19-23(37)12-8-7-11-21(2)17-22(3)29(33(49)47(28)20-24)42-35(51)56-36(4,5)38(39,40)41;1-2;;;/h8-10,12-14,21-25,28-29H,6-7,11,15-20H2,1-5H3,(H,42,51)(H,43,48)(H,46,50);1-2H3;3*1H/b12-8-;;;;/t21-,22-,23-,24-,28+,29+,37-;;;;/m1..../s1. The molecule has 0 radical (unpaired) electrons. The molecular formula is C40H61F3N6O9S. The van der Waals surface area contributed by atoms with Crippen molar-refractivity contribution < 1.29 is 59.3 Å². The van der Waals surface area contributed by atoms with Crippen molar-refractivity contribution in [2.75, 3.05) is 13.2 Å². The molecule has 2 aromatic rings. The summed E-state index contributed by atoms with van der Waals surface area (Å²) in [6.07, 6.45) is -1.36. The smallest absolute Gasteiger partial charge is 0.427 e. The Morgan fingerprint density at radius 1 is 1.03 bits per heavy atom. The van der Waals surface area contributed by atoms with Gasteiger partial charge in [0.2, 0.25) is 39.2 Å². The van der Waals surface area contributed by atoms with Gasteiger partial charge in [0.05, 0.1) is 29.2 Å². The summed E-state index contributed by atoms with van der Waals surface area (Å²) in [6, 6.07) is 4.27. The Morgan fingerprint density at radius 3 is 2.31 bits per heavy atom. The normalized spacial score (nSPS) is 28.3. The van der Waals surface area contributed by atoms with E-state index in [-0.39, 0.29) is 41.3 Å². The van der Waals surface area contributed by atoms with Gasteiger partial charge in [0, 0.05) is 16.6 Å². The molecule has 0 unspecified atom stereocenters. The molecule has 4 amide bonds. The zero-order chi connectivity index (χ0) is 43.5. The summed E-state index contributed by atoms with van der Waals surface area (Å²) in [5.41, 5.74) is -4.52. The minimum absolute atomic E-state index is 0. The lowest BCUT2D eigenvalue weighted by atomic mass is 9.88. The molecule has 2 saturated carbocycles. The van der Waals surface area contributed by atoms with Crippen LogP contribution >= 0.6 is 0 Å². The van der Waals surface area contributed by atoms with Gasteiger partial charge in [-0.25, -0.2) is 13.2 Å². The van der Waals surface area contributed by atoms with Gasteiger partial charge < -0.3 is 29.7 Å². The molecule has 0 bridgehead atoms. The maximum absolute atomic E-state index is 14.7. The number of benzene rings is 1. The van der Waals surface area contributed by atoms with Crippen LogP contribution in [0.1, 0.15) is 97.7 Å². The van der Waals surface area contributed by atoms with E-state index in [1.54, 1.807) is 44.2 Å². The summed E-state index contributed by atoms with van der Waals surface area (Å²) in [4.78, 5) is 57.2. The first-order chi connectivity index (χ1) is 27.8. The number of sulfonamides is 1. The number of carbonyl (C=O) groups is 4. The average molecular weight is 859 g/mol. The lowest BCUT2D eigenvalue weighted by molar-refractivity contribution is -0.244. The van der Waals surface area contributed by atoms with Crippen LogP contribution in [0.4, 0.5) is 18.0 Å². The lowest BCUT2D eigenvalue weighted by Gasteiger charge is -2.34. The molecule has 3 N–H and O–H groups in total. The van der Waals surface area contributed by atoms with Gasteiger partial charge >= 0.3 is 12.3 Å². The van der Waals surface area contributed by atoms with Gasteiger partial charge in [0.25, 0.3) is 5.91 Å². The number of nitrogens with zero attached hydrogens (tertiary/aromatic N) is 3. The van der Waals surface area contributed by atoms with Gasteiger partial charge in [-0.3, -0.25) is 19.1 Å². The largest absolute Gasteiger partial charge is 0.476 e. The molecule has 15 nitrogen and oxygen atoms in total. The van der Waals surface area contributed by atoms with Crippen LogP contribution in [-0.4, -0.2) is 101 Å². The Bertz CT molecular complexity index is 2050. The summed E-state index contributed by atoms with van der Waals surface area (Å²) < 4.78 is 85.8. The van der Waals surface area contributed by atoms with Crippen LogP contribution in [0.5, 0.6) is 11.8 Å². The van der Waals surface area contributed by atoms with Crippen LogP contribution < -0.4 is 24.8 Å². The van der Waals surface area contributed by atoms with Crippen molar-refractivity contribution in [2.45, 2.75) is 134 Å². The molecule has 2 aliphatic carbocycles. The number of nitrogens with one attached hydrogen (secondary N) is 3. The molecule has 1 aromatic heterocycles. The number of hydrogen-bond donors (Lipinski definition) is 3. The van der Waals surface area contributed by atoms with Crippen LogP contribution in [0.25, 0.3) is 10.8 Å². The predicted molar refractivity (Wildman–Crippen MR) is 217 cm³/mol. The number of ether oxygens (including phenoxy) is 3. The third-order valence-electron chi connectivity index (χ3n) is 11.1. The van der Waals surface area contributed by atoms with E-state index in [4.69, 9.17) is 14.2 Å². The van der Waals surface area contributed by atoms with E-state index in [2.05, 4.69) is 25.6 Å².